The van der Waals surface area contributed by atoms with Crippen molar-refractivity contribution in [3.05, 3.63) is 42.2 Å². The fourth-order valence-electron chi connectivity index (χ4n) is 1.23. The van der Waals surface area contributed by atoms with Crippen molar-refractivity contribution < 1.29 is 5.11 Å². The lowest BCUT2D eigenvalue weighted by atomic mass is 10.3. The highest BCUT2D eigenvalue weighted by Crippen LogP contribution is 2.09. The van der Waals surface area contributed by atoms with E-state index in [1.165, 1.54) is 11.0 Å². The summed E-state index contributed by atoms with van der Waals surface area (Å²) >= 11 is 0. The average molecular weight is 204 g/mol. The minimum absolute atomic E-state index is 0.146. The maximum Gasteiger partial charge on any atom is 0.113 e. The molecule has 0 aliphatic carbocycles. The lowest BCUT2D eigenvalue weighted by molar-refractivity contribution is 0.181. The largest absolute Gasteiger partial charge is 0.385 e. The van der Waals surface area contributed by atoms with Crippen molar-refractivity contribution in [2.45, 2.75) is 6.10 Å². The van der Waals surface area contributed by atoms with Crippen molar-refractivity contribution in [2.24, 2.45) is 5.73 Å². The molecule has 0 amide bonds. The third-order valence-corrected chi connectivity index (χ3v) is 2.06. The third kappa shape index (κ3) is 2.03. The Bertz CT molecular complexity index is 426. The van der Waals surface area contributed by atoms with E-state index in [1.54, 1.807) is 0 Å². The molecule has 2 aromatic rings. The van der Waals surface area contributed by atoms with Crippen LogP contribution in [0.1, 0.15) is 11.8 Å². The first-order valence-electron chi connectivity index (χ1n) is 4.67. The SMILES string of the molecule is NCC(O)c1cnn(-c2ccccc2)n1. The minimum Gasteiger partial charge on any atom is -0.385 e. The van der Waals surface area contributed by atoms with Gasteiger partial charge < -0.3 is 10.8 Å². The second-order valence-electron chi connectivity index (χ2n) is 3.15. The standard InChI is InChI=1S/C10H12N4O/c11-6-10(15)9-7-12-14(13-9)8-4-2-1-3-5-8/h1-5,7,10,15H,6,11H2. The summed E-state index contributed by atoms with van der Waals surface area (Å²) in [4.78, 5) is 1.47. The van der Waals surface area contributed by atoms with Gasteiger partial charge in [-0.1, -0.05) is 18.2 Å². The van der Waals surface area contributed by atoms with Gasteiger partial charge >= 0.3 is 0 Å². The van der Waals surface area contributed by atoms with E-state index in [4.69, 9.17) is 5.73 Å². The summed E-state index contributed by atoms with van der Waals surface area (Å²) in [6.45, 7) is 0.146. The maximum atomic E-state index is 9.45. The first kappa shape index (κ1) is 9.82. The van der Waals surface area contributed by atoms with Gasteiger partial charge in [-0.3, -0.25) is 0 Å². The molecule has 1 atom stereocenters. The smallest absolute Gasteiger partial charge is 0.113 e. The zero-order valence-electron chi connectivity index (χ0n) is 8.11. The van der Waals surface area contributed by atoms with E-state index in [1.807, 2.05) is 30.3 Å². The molecule has 0 saturated heterocycles. The molecule has 15 heavy (non-hydrogen) atoms. The number of aliphatic hydroxyl groups excluding tert-OH is 1. The topological polar surface area (TPSA) is 77.0 Å². The number of nitrogens with zero attached hydrogens (tertiary/aromatic N) is 3. The number of benzene rings is 1. The van der Waals surface area contributed by atoms with E-state index in [9.17, 15) is 5.11 Å². The number of nitrogens with two attached hydrogens (primary N) is 1. The van der Waals surface area contributed by atoms with Gasteiger partial charge in [-0.15, -0.1) is 0 Å². The summed E-state index contributed by atoms with van der Waals surface area (Å²) in [6.07, 6.45) is 0.771. The molecule has 3 N–H and O–H groups in total. The van der Waals surface area contributed by atoms with Crippen LogP contribution in [0.25, 0.3) is 5.69 Å². The Kier molecular flexibility index (Phi) is 2.75. The predicted octanol–water partition coefficient (Wildman–Crippen LogP) is 0.259. The first-order valence-corrected chi connectivity index (χ1v) is 4.67. The lowest BCUT2D eigenvalue weighted by Gasteiger charge is -2.01. The summed E-state index contributed by atoms with van der Waals surface area (Å²) in [5, 5.41) is 17.6. The van der Waals surface area contributed by atoms with Gasteiger partial charge in [0, 0.05) is 6.54 Å². The lowest BCUT2D eigenvalue weighted by Crippen LogP contribution is -2.12. The van der Waals surface area contributed by atoms with E-state index < -0.39 is 6.10 Å². The number of aromatic nitrogens is 3. The van der Waals surface area contributed by atoms with Crippen molar-refractivity contribution in [3.8, 4) is 5.69 Å². The normalized spacial score (nSPS) is 12.7. The zero-order valence-corrected chi connectivity index (χ0v) is 8.11. The van der Waals surface area contributed by atoms with Crippen LogP contribution in [-0.4, -0.2) is 26.6 Å². The summed E-state index contributed by atoms with van der Waals surface area (Å²) in [7, 11) is 0. The van der Waals surface area contributed by atoms with E-state index in [0.29, 0.717) is 5.69 Å². The number of para-hydroxylation sites is 1. The Balaban J connectivity index is 2.28. The number of hydrogen-bond acceptors (Lipinski definition) is 4. The van der Waals surface area contributed by atoms with Gasteiger partial charge in [0.2, 0.25) is 0 Å². The van der Waals surface area contributed by atoms with E-state index in [0.717, 1.165) is 5.69 Å². The molecule has 1 unspecified atom stereocenters. The summed E-state index contributed by atoms with van der Waals surface area (Å²) in [5.74, 6) is 0. The van der Waals surface area contributed by atoms with Gasteiger partial charge in [0.05, 0.1) is 11.9 Å². The van der Waals surface area contributed by atoms with Crippen molar-refractivity contribution in [1.82, 2.24) is 15.0 Å². The molecule has 0 aliphatic heterocycles. The minimum atomic E-state index is -0.748. The van der Waals surface area contributed by atoms with Gasteiger partial charge in [0.15, 0.2) is 0 Å². The Morgan fingerprint density at radius 1 is 1.33 bits per heavy atom. The molecule has 2 rings (SSSR count). The zero-order chi connectivity index (χ0) is 10.7. The van der Waals surface area contributed by atoms with E-state index in [2.05, 4.69) is 10.2 Å². The van der Waals surface area contributed by atoms with Crippen LogP contribution < -0.4 is 5.73 Å². The molecule has 5 nitrogen and oxygen atoms in total. The highest BCUT2D eigenvalue weighted by molar-refractivity contribution is 5.28. The van der Waals surface area contributed by atoms with Gasteiger partial charge in [-0.25, -0.2) is 0 Å². The summed E-state index contributed by atoms with van der Waals surface area (Å²) < 4.78 is 0. The molecular formula is C10H12N4O. The number of hydrogen-bond donors (Lipinski definition) is 2. The van der Waals surface area contributed by atoms with Gasteiger partial charge in [-0.05, 0) is 12.1 Å². The van der Waals surface area contributed by atoms with Gasteiger partial charge in [0.1, 0.15) is 11.8 Å². The molecule has 1 aromatic carbocycles. The van der Waals surface area contributed by atoms with Crippen LogP contribution in [0.3, 0.4) is 0 Å². The molecule has 1 aromatic heterocycles. The first-order chi connectivity index (χ1) is 7.31. The van der Waals surface area contributed by atoms with E-state index >= 15 is 0 Å². The molecule has 0 bridgehead atoms. The van der Waals surface area contributed by atoms with Crippen molar-refractivity contribution in [3.63, 3.8) is 0 Å². The van der Waals surface area contributed by atoms with Crippen molar-refractivity contribution in [2.75, 3.05) is 6.54 Å². The van der Waals surface area contributed by atoms with Crippen LogP contribution in [0.4, 0.5) is 0 Å². The third-order valence-electron chi connectivity index (χ3n) is 2.06. The Morgan fingerprint density at radius 2 is 2.07 bits per heavy atom. The molecule has 0 spiro atoms. The molecule has 1 heterocycles. The highest BCUT2D eigenvalue weighted by Gasteiger charge is 2.10. The van der Waals surface area contributed by atoms with Crippen molar-refractivity contribution in [1.29, 1.82) is 0 Å². The molecule has 0 aliphatic rings. The molecule has 0 fully saturated rings. The second kappa shape index (κ2) is 4.20. The van der Waals surface area contributed by atoms with Crippen LogP contribution in [0.2, 0.25) is 0 Å². The van der Waals surface area contributed by atoms with E-state index in [-0.39, 0.29) is 6.54 Å². The Morgan fingerprint density at radius 3 is 2.73 bits per heavy atom. The molecule has 5 heteroatoms. The molecular weight excluding hydrogens is 192 g/mol. The van der Waals surface area contributed by atoms with Crippen LogP contribution in [0.15, 0.2) is 36.5 Å². The summed E-state index contributed by atoms with van der Waals surface area (Å²) in [6, 6.07) is 9.50. The van der Waals surface area contributed by atoms with Crippen LogP contribution in [0, 0.1) is 0 Å². The predicted molar refractivity (Wildman–Crippen MR) is 55.4 cm³/mol. The monoisotopic (exact) mass is 204 g/mol. The average Bonchev–Trinajstić information content (AvgIpc) is 2.78. The van der Waals surface area contributed by atoms with Crippen LogP contribution in [0.5, 0.6) is 0 Å². The highest BCUT2D eigenvalue weighted by atomic mass is 16.3. The van der Waals surface area contributed by atoms with Crippen LogP contribution >= 0.6 is 0 Å². The number of aliphatic hydroxyl groups is 1. The number of rotatable bonds is 3. The molecule has 0 saturated carbocycles. The quantitative estimate of drug-likeness (QED) is 0.751. The van der Waals surface area contributed by atoms with Gasteiger partial charge in [0.25, 0.3) is 0 Å². The fraction of sp³-hybridized carbons (Fsp3) is 0.200. The Hall–Kier alpha value is -1.72. The van der Waals surface area contributed by atoms with Gasteiger partial charge in [-0.2, -0.15) is 15.0 Å². The maximum absolute atomic E-state index is 9.45. The molecule has 78 valence electrons. The Labute approximate surface area is 87.1 Å². The van der Waals surface area contributed by atoms with Crippen molar-refractivity contribution >= 4 is 0 Å². The fourth-order valence-corrected chi connectivity index (χ4v) is 1.23. The second-order valence-corrected chi connectivity index (χ2v) is 3.15. The van der Waals surface area contributed by atoms with Crippen LogP contribution in [-0.2, 0) is 0 Å². The summed E-state index contributed by atoms with van der Waals surface area (Å²) in [5.41, 5.74) is 6.67. The molecule has 0 radical (unpaired) electrons.